The summed E-state index contributed by atoms with van der Waals surface area (Å²) in [5.74, 6) is 0.704. The van der Waals surface area contributed by atoms with Crippen molar-refractivity contribution in [2.75, 3.05) is 0 Å². The lowest BCUT2D eigenvalue weighted by molar-refractivity contribution is -0.136. The maximum absolute atomic E-state index is 10.9. The van der Waals surface area contributed by atoms with E-state index in [1.165, 1.54) is 23.6 Å². The predicted molar refractivity (Wildman–Crippen MR) is 88.2 cm³/mol. The van der Waals surface area contributed by atoms with Crippen molar-refractivity contribution in [1.82, 2.24) is 0 Å². The highest BCUT2D eigenvalue weighted by atomic mass is 16.5. The van der Waals surface area contributed by atoms with Crippen molar-refractivity contribution in [2.24, 2.45) is 0 Å². The first-order chi connectivity index (χ1) is 10.7. The summed E-state index contributed by atoms with van der Waals surface area (Å²) in [6.07, 6.45) is 6.79. The van der Waals surface area contributed by atoms with Gasteiger partial charge in [0.25, 0.3) is 0 Å². The maximum atomic E-state index is 10.9. The topological polar surface area (TPSA) is 26.3 Å². The van der Waals surface area contributed by atoms with Crippen LogP contribution in [0.2, 0.25) is 0 Å². The van der Waals surface area contributed by atoms with Crippen LogP contribution in [0, 0.1) is 0 Å². The summed E-state index contributed by atoms with van der Waals surface area (Å²) < 4.78 is 5.09. The molecule has 1 unspecified atom stereocenters. The summed E-state index contributed by atoms with van der Waals surface area (Å²) in [6.45, 7) is 1.42. The van der Waals surface area contributed by atoms with Crippen LogP contribution in [0.1, 0.15) is 24.8 Å². The average Bonchev–Trinajstić information content (AvgIpc) is 2.56. The summed E-state index contributed by atoms with van der Waals surface area (Å²) in [4.78, 5) is 10.9. The molecule has 1 aliphatic rings. The second-order valence-corrected chi connectivity index (χ2v) is 5.39. The molecule has 2 heteroatoms. The zero-order chi connectivity index (χ0) is 15.4. The van der Waals surface area contributed by atoms with Gasteiger partial charge in [-0.3, -0.25) is 4.79 Å². The van der Waals surface area contributed by atoms with Gasteiger partial charge in [0.15, 0.2) is 0 Å². The second kappa shape index (κ2) is 6.44. The van der Waals surface area contributed by atoms with Crippen molar-refractivity contribution in [2.45, 2.75) is 19.3 Å². The van der Waals surface area contributed by atoms with E-state index in [9.17, 15) is 4.79 Å². The molecule has 0 aromatic heterocycles. The maximum Gasteiger partial charge on any atom is 0.308 e. The van der Waals surface area contributed by atoms with Gasteiger partial charge in [0.05, 0.1) is 0 Å². The minimum Gasteiger partial charge on any atom is -0.427 e. The van der Waals surface area contributed by atoms with Gasteiger partial charge in [-0.05, 0) is 35.3 Å². The van der Waals surface area contributed by atoms with Crippen LogP contribution in [-0.2, 0) is 9.53 Å². The molecule has 0 saturated carbocycles. The van der Waals surface area contributed by atoms with Gasteiger partial charge in [0, 0.05) is 12.8 Å². The molecule has 22 heavy (non-hydrogen) atoms. The minimum absolute atomic E-state index is 0.276. The fourth-order valence-electron chi connectivity index (χ4n) is 2.64. The molecule has 2 aromatic carbocycles. The number of allylic oxidation sites excluding steroid dienone is 3. The highest BCUT2D eigenvalue weighted by molar-refractivity contribution is 5.68. The zero-order valence-electron chi connectivity index (χ0n) is 12.5. The Balaban J connectivity index is 1.71. The van der Waals surface area contributed by atoms with E-state index < -0.39 is 0 Å². The van der Waals surface area contributed by atoms with Crippen molar-refractivity contribution in [3.05, 3.63) is 84.1 Å². The summed E-state index contributed by atoms with van der Waals surface area (Å²) in [7, 11) is 0. The van der Waals surface area contributed by atoms with Crippen LogP contribution in [0.25, 0.3) is 11.1 Å². The molecule has 110 valence electrons. The highest BCUT2D eigenvalue weighted by Crippen LogP contribution is 2.29. The molecule has 1 atom stereocenters. The van der Waals surface area contributed by atoms with E-state index in [2.05, 4.69) is 54.6 Å². The number of carbonyl (C=O) groups is 1. The van der Waals surface area contributed by atoms with Gasteiger partial charge in [-0.2, -0.15) is 0 Å². The van der Waals surface area contributed by atoms with E-state index in [4.69, 9.17) is 4.74 Å². The molecule has 0 saturated heterocycles. The van der Waals surface area contributed by atoms with Crippen molar-refractivity contribution < 1.29 is 9.53 Å². The number of carbonyl (C=O) groups excluding carboxylic acids is 1. The second-order valence-electron chi connectivity index (χ2n) is 5.39. The molecule has 0 aliphatic heterocycles. The average molecular weight is 290 g/mol. The molecule has 2 nitrogen and oxygen atoms in total. The van der Waals surface area contributed by atoms with Crippen LogP contribution in [0.4, 0.5) is 0 Å². The van der Waals surface area contributed by atoms with Crippen molar-refractivity contribution in [3.8, 4) is 11.1 Å². The standard InChI is InChI=1S/C20H18O2/c1-15(21)22-20-13-11-19(12-14-20)18-9-7-17(8-10-18)16-5-3-2-4-6-16/h2-11,13-14,19H,12H2,1H3. The third-order valence-electron chi connectivity index (χ3n) is 3.77. The normalized spacial score (nSPS) is 17.0. The lowest BCUT2D eigenvalue weighted by Crippen LogP contribution is -2.03. The predicted octanol–water partition coefficient (Wildman–Crippen LogP) is 4.84. The third kappa shape index (κ3) is 3.34. The number of rotatable bonds is 3. The van der Waals surface area contributed by atoms with Gasteiger partial charge in [-0.1, -0.05) is 60.7 Å². The fourth-order valence-corrected chi connectivity index (χ4v) is 2.64. The van der Waals surface area contributed by atoms with Gasteiger partial charge < -0.3 is 4.74 Å². The number of benzene rings is 2. The number of ether oxygens (including phenoxy) is 1. The van der Waals surface area contributed by atoms with E-state index in [1.807, 2.05) is 18.2 Å². The molecular formula is C20H18O2. The Hall–Kier alpha value is -2.61. The summed E-state index contributed by atoms with van der Waals surface area (Å²) in [5.41, 5.74) is 3.72. The van der Waals surface area contributed by atoms with E-state index in [1.54, 1.807) is 0 Å². The SMILES string of the molecule is CC(=O)OC1=CCC(c2ccc(-c3ccccc3)cc2)C=C1. The first kappa shape index (κ1) is 14.3. The van der Waals surface area contributed by atoms with Crippen molar-refractivity contribution in [1.29, 1.82) is 0 Å². The van der Waals surface area contributed by atoms with Crippen molar-refractivity contribution in [3.63, 3.8) is 0 Å². The molecule has 3 rings (SSSR count). The van der Waals surface area contributed by atoms with Crippen LogP contribution in [0.3, 0.4) is 0 Å². The molecule has 1 aliphatic carbocycles. The van der Waals surface area contributed by atoms with Gasteiger partial charge in [-0.25, -0.2) is 0 Å². The lowest BCUT2D eigenvalue weighted by Gasteiger charge is -2.16. The first-order valence-corrected chi connectivity index (χ1v) is 7.44. The summed E-state index contributed by atoms with van der Waals surface area (Å²) >= 11 is 0. The molecule has 0 bridgehead atoms. The highest BCUT2D eigenvalue weighted by Gasteiger charge is 2.12. The Morgan fingerprint density at radius 2 is 1.68 bits per heavy atom. The van der Waals surface area contributed by atoms with E-state index in [0.29, 0.717) is 11.7 Å². The quantitative estimate of drug-likeness (QED) is 0.756. The first-order valence-electron chi connectivity index (χ1n) is 7.44. The van der Waals surface area contributed by atoms with Crippen LogP contribution < -0.4 is 0 Å². The summed E-state index contributed by atoms with van der Waals surface area (Å²) in [5, 5.41) is 0. The number of esters is 1. The Morgan fingerprint density at radius 3 is 2.27 bits per heavy atom. The molecule has 0 heterocycles. The Kier molecular flexibility index (Phi) is 4.19. The third-order valence-corrected chi connectivity index (χ3v) is 3.77. The van der Waals surface area contributed by atoms with Gasteiger partial charge in [0.2, 0.25) is 0 Å². The van der Waals surface area contributed by atoms with Gasteiger partial charge in [0.1, 0.15) is 5.76 Å². The largest absolute Gasteiger partial charge is 0.427 e. The Labute approximate surface area is 130 Å². The van der Waals surface area contributed by atoms with E-state index >= 15 is 0 Å². The lowest BCUT2D eigenvalue weighted by atomic mass is 9.91. The molecule has 0 N–H and O–H groups in total. The Bertz CT molecular complexity index is 709. The van der Waals surface area contributed by atoms with E-state index in [0.717, 1.165) is 6.42 Å². The monoisotopic (exact) mass is 290 g/mol. The molecular weight excluding hydrogens is 272 g/mol. The molecule has 0 fully saturated rings. The smallest absolute Gasteiger partial charge is 0.308 e. The molecule has 0 radical (unpaired) electrons. The van der Waals surface area contributed by atoms with Gasteiger partial charge in [-0.15, -0.1) is 0 Å². The zero-order valence-corrected chi connectivity index (χ0v) is 12.5. The van der Waals surface area contributed by atoms with Gasteiger partial charge >= 0.3 is 5.97 Å². The molecule has 0 spiro atoms. The van der Waals surface area contributed by atoms with Crippen LogP contribution in [-0.4, -0.2) is 5.97 Å². The summed E-state index contributed by atoms with van der Waals surface area (Å²) in [6, 6.07) is 19.0. The van der Waals surface area contributed by atoms with Crippen molar-refractivity contribution >= 4 is 5.97 Å². The Morgan fingerprint density at radius 1 is 1.00 bits per heavy atom. The molecule has 2 aromatic rings. The van der Waals surface area contributed by atoms with Crippen LogP contribution in [0.15, 0.2) is 78.6 Å². The minimum atomic E-state index is -0.276. The fraction of sp³-hybridized carbons (Fsp3) is 0.150. The van der Waals surface area contributed by atoms with Crippen LogP contribution in [0.5, 0.6) is 0 Å². The van der Waals surface area contributed by atoms with Crippen LogP contribution >= 0.6 is 0 Å². The number of hydrogen-bond acceptors (Lipinski definition) is 2. The van der Waals surface area contributed by atoms with E-state index in [-0.39, 0.29) is 5.97 Å². The number of hydrogen-bond donors (Lipinski definition) is 0. The molecule has 0 amide bonds.